The largest absolute Gasteiger partial charge is 0.328 e. The highest BCUT2D eigenvalue weighted by molar-refractivity contribution is 5.79. The van der Waals surface area contributed by atoms with Gasteiger partial charge in [-0.25, -0.2) is 9.89 Å². The molecule has 222 valence electrons. The summed E-state index contributed by atoms with van der Waals surface area (Å²) in [5.74, 6) is 1.32. The predicted octanol–water partition coefficient (Wildman–Crippen LogP) is 6.27. The summed E-state index contributed by atoms with van der Waals surface area (Å²) in [6.45, 7) is 8.79. The third-order valence-corrected chi connectivity index (χ3v) is 8.95. The van der Waals surface area contributed by atoms with E-state index in [4.69, 9.17) is 4.98 Å². The van der Waals surface area contributed by atoms with Crippen LogP contribution in [0.4, 0.5) is 0 Å². The number of unbranched alkanes of at least 4 members (excludes halogenated alkanes) is 1. The van der Waals surface area contributed by atoms with Crippen molar-refractivity contribution < 1.29 is 4.79 Å². The van der Waals surface area contributed by atoms with Crippen LogP contribution >= 0.6 is 0 Å². The fraction of sp³-hybridized carbons (Fsp3) is 0.515. The Balaban J connectivity index is 1.50. The number of carbonyl (C=O) groups is 1. The van der Waals surface area contributed by atoms with Crippen LogP contribution in [0.2, 0.25) is 0 Å². The molecule has 0 bridgehead atoms. The predicted molar refractivity (Wildman–Crippen MR) is 164 cm³/mol. The van der Waals surface area contributed by atoms with Gasteiger partial charge in [0.05, 0.1) is 18.3 Å². The first kappa shape index (κ1) is 29.6. The first-order valence-electron chi connectivity index (χ1n) is 15.5. The van der Waals surface area contributed by atoms with Gasteiger partial charge in [0.25, 0.3) is 0 Å². The summed E-state index contributed by atoms with van der Waals surface area (Å²) in [5.41, 5.74) is 4.57. The average Bonchev–Trinajstić information content (AvgIpc) is 3.61. The van der Waals surface area contributed by atoms with E-state index in [0.29, 0.717) is 18.3 Å². The number of aromatic nitrogens is 7. The van der Waals surface area contributed by atoms with Crippen LogP contribution in [-0.4, -0.2) is 40.5 Å². The number of aromatic amines is 1. The summed E-state index contributed by atoms with van der Waals surface area (Å²) in [5, 5.41) is 14.3. The summed E-state index contributed by atoms with van der Waals surface area (Å²) in [4.78, 5) is 32.0. The number of nitrogens with zero attached hydrogens (tertiary/aromatic N) is 6. The Bertz CT molecular complexity index is 1520. The Labute approximate surface area is 247 Å². The van der Waals surface area contributed by atoms with Crippen molar-refractivity contribution in [2.24, 2.45) is 17.8 Å². The molecule has 1 saturated carbocycles. The Morgan fingerprint density at radius 3 is 2.52 bits per heavy atom. The number of hydrogen-bond acceptors (Lipinski definition) is 6. The number of carbonyl (C=O) groups excluding carboxylic acids is 1. The monoisotopic (exact) mass is 569 g/mol. The minimum absolute atomic E-state index is 0.0178. The Morgan fingerprint density at radius 1 is 1.07 bits per heavy atom. The lowest BCUT2D eigenvalue weighted by Crippen LogP contribution is -2.40. The Morgan fingerprint density at radius 2 is 1.86 bits per heavy atom. The molecule has 0 amide bonds. The number of Topliss-reactive ketones (excluding diaryl/α,β-unsaturated/α-hetero) is 1. The number of imidazole rings is 1. The molecule has 3 unspecified atom stereocenters. The number of benzene rings is 1. The summed E-state index contributed by atoms with van der Waals surface area (Å²) < 4.78 is 3.85. The van der Waals surface area contributed by atoms with Crippen molar-refractivity contribution in [1.29, 1.82) is 0 Å². The summed E-state index contributed by atoms with van der Waals surface area (Å²) in [6.07, 6.45) is 12.0. The van der Waals surface area contributed by atoms with Gasteiger partial charge in [0.15, 0.2) is 5.82 Å². The van der Waals surface area contributed by atoms with Crippen LogP contribution in [0.3, 0.4) is 0 Å². The molecule has 9 heteroatoms. The van der Waals surface area contributed by atoms with Gasteiger partial charge in [-0.2, -0.15) is 0 Å². The van der Waals surface area contributed by atoms with Crippen molar-refractivity contribution in [3.8, 4) is 22.6 Å². The maximum Gasteiger partial charge on any atom is 0.328 e. The average molecular weight is 570 g/mol. The van der Waals surface area contributed by atoms with Crippen LogP contribution in [0.15, 0.2) is 53.6 Å². The van der Waals surface area contributed by atoms with Gasteiger partial charge in [0.2, 0.25) is 0 Å². The van der Waals surface area contributed by atoms with Crippen molar-refractivity contribution in [3.05, 3.63) is 70.5 Å². The molecule has 0 spiro atoms. The van der Waals surface area contributed by atoms with Crippen LogP contribution in [0.25, 0.3) is 22.6 Å². The molecule has 0 aliphatic heterocycles. The van der Waals surface area contributed by atoms with Crippen LogP contribution in [0, 0.1) is 17.8 Å². The number of ketones is 1. The molecule has 3 aromatic heterocycles. The number of rotatable bonds is 10. The molecular weight excluding hydrogens is 526 g/mol. The summed E-state index contributed by atoms with van der Waals surface area (Å²) in [6, 6.07) is 11.8. The van der Waals surface area contributed by atoms with Gasteiger partial charge in [0.1, 0.15) is 5.78 Å². The standard InChI is InChI=1S/C33H43N7O2/c1-5-6-12-25-21-40(31-26(22(2)3)13-8-7-9-14-27(31)23(4)41)33(42)39(25)20-24-17-18-30(34-19-24)28-15-10-11-16-29(28)32-35-37-38-36-32/h10-11,15-19,21-22,26-27,31H,5-9,12-14,20H2,1-4H3,(H,35,36,37,38). The molecule has 1 aliphatic carbocycles. The van der Waals surface area contributed by atoms with Crippen molar-refractivity contribution >= 4 is 5.78 Å². The normalized spacial score (nSPS) is 19.5. The first-order chi connectivity index (χ1) is 20.4. The summed E-state index contributed by atoms with van der Waals surface area (Å²) >= 11 is 0. The second-order valence-corrected chi connectivity index (χ2v) is 12.1. The molecule has 0 saturated heterocycles. The minimum atomic E-state index is -0.133. The molecule has 1 N–H and O–H groups in total. The van der Waals surface area contributed by atoms with Crippen LogP contribution in [0.1, 0.15) is 89.9 Å². The molecule has 5 rings (SSSR count). The van der Waals surface area contributed by atoms with E-state index in [0.717, 1.165) is 79.4 Å². The lowest BCUT2D eigenvalue weighted by Gasteiger charge is -2.37. The van der Waals surface area contributed by atoms with Gasteiger partial charge in [-0.3, -0.25) is 18.9 Å². The van der Waals surface area contributed by atoms with Gasteiger partial charge >= 0.3 is 5.69 Å². The zero-order valence-corrected chi connectivity index (χ0v) is 25.3. The highest BCUT2D eigenvalue weighted by atomic mass is 16.2. The maximum absolute atomic E-state index is 14.2. The highest BCUT2D eigenvalue weighted by Crippen LogP contribution is 2.40. The zero-order chi connectivity index (χ0) is 29.6. The fourth-order valence-electron chi connectivity index (χ4n) is 6.67. The second-order valence-electron chi connectivity index (χ2n) is 12.1. The van der Waals surface area contributed by atoms with Crippen molar-refractivity contribution in [2.45, 2.75) is 91.6 Å². The number of nitrogens with one attached hydrogen (secondary N) is 1. The number of hydrogen-bond donors (Lipinski definition) is 1. The minimum Gasteiger partial charge on any atom is -0.300 e. The molecular formula is C33H43N7O2. The van der Waals surface area contributed by atoms with Gasteiger partial charge in [-0.1, -0.05) is 76.8 Å². The van der Waals surface area contributed by atoms with Gasteiger partial charge < -0.3 is 0 Å². The zero-order valence-electron chi connectivity index (χ0n) is 25.3. The third-order valence-electron chi connectivity index (χ3n) is 8.95. The van der Waals surface area contributed by atoms with Crippen LogP contribution in [-0.2, 0) is 17.8 Å². The van der Waals surface area contributed by atoms with E-state index in [1.165, 1.54) is 0 Å². The molecule has 3 heterocycles. The molecule has 4 aromatic rings. The van der Waals surface area contributed by atoms with E-state index < -0.39 is 0 Å². The number of tetrazole rings is 1. The van der Waals surface area contributed by atoms with Crippen LogP contribution in [0.5, 0.6) is 0 Å². The Kier molecular flexibility index (Phi) is 9.45. The lowest BCUT2D eigenvalue weighted by molar-refractivity contribution is -0.123. The third kappa shape index (κ3) is 6.30. The fourth-order valence-corrected chi connectivity index (χ4v) is 6.67. The SMILES string of the molecule is CCCCc1cn(C2C(C(C)=O)CCCCCC2C(C)C)c(=O)n1Cc1ccc(-c2ccccc2-c2nnn[nH]2)nc1. The van der Waals surface area contributed by atoms with E-state index in [2.05, 4.69) is 47.6 Å². The molecule has 3 atom stereocenters. The maximum atomic E-state index is 14.2. The molecule has 42 heavy (non-hydrogen) atoms. The smallest absolute Gasteiger partial charge is 0.300 e. The van der Waals surface area contributed by atoms with E-state index in [9.17, 15) is 9.59 Å². The quantitative estimate of drug-likeness (QED) is 0.241. The van der Waals surface area contributed by atoms with Gasteiger partial charge in [0, 0.05) is 35.1 Å². The van der Waals surface area contributed by atoms with Crippen molar-refractivity contribution in [2.75, 3.05) is 0 Å². The van der Waals surface area contributed by atoms with E-state index in [-0.39, 0.29) is 29.4 Å². The van der Waals surface area contributed by atoms with E-state index in [1.54, 1.807) is 6.92 Å². The van der Waals surface area contributed by atoms with Gasteiger partial charge in [-0.15, -0.1) is 5.10 Å². The number of H-pyrrole nitrogens is 1. The van der Waals surface area contributed by atoms with Crippen molar-refractivity contribution in [1.82, 2.24) is 34.7 Å². The highest BCUT2D eigenvalue weighted by Gasteiger charge is 2.37. The van der Waals surface area contributed by atoms with Gasteiger partial charge in [-0.05, 0) is 66.5 Å². The number of aryl methyl sites for hydroxylation is 1. The second kappa shape index (κ2) is 13.4. The molecule has 1 aromatic carbocycles. The molecule has 1 fully saturated rings. The lowest BCUT2D eigenvalue weighted by atomic mass is 9.73. The molecule has 1 aliphatic rings. The first-order valence-corrected chi connectivity index (χ1v) is 15.5. The van der Waals surface area contributed by atoms with E-state index >= 15 is 0 Å². The van der Waals surface area contributed by atoms with Crippen molar-refractivity contribution in [3.63, 3.8) is 0 Å². The van der Waals surface area contributed by atoms with Crippen LogP contribution < -0.4 is 5.69 Å². The summed E-state index contributed by atoms with van der Waals surface area (Å²) in [7, 11) is 0. The number of pyridine rings is 1. The topological polar surface area (TPSA) is 111 Å². The molecule has 0 radical (unpaired) electrons. The van der Waals surface area contributed by atoms with E-state index in [1.807, 2.05) is 51.7 Å². The molecule has 9 nitrogen and oxygen atoms in total. The Hall–Kier alpha value is -3.88.